The van der Waals surface area contributed by atoms with Crippen molar-refractivity contribution in [3.05, 3.63) is 20.8 Å². The lowest BCUT2D eigenvalue weighted by Crippen LogP contribution is -2.31. The summed E-state index contributed by atoms with van der Waals surface area (Å²) in [5.74, 6) is -0.0942. The van der Waals surface area contributed by atoms with E-state index in [1.54, 1.807) is 0 Å². The summed E-state index contributed by atoms with van der Waals surface area (Å²) >= 11 is 0. The van der Waals surface area contributed by atoms with Gasteiger partial charge in [0.25, 0.3) is 5.88 Å². The van der Waals surface area contributed by atoms with E-state index < -0.39 is 11.2 Å². The summed E-state index contributed by atoms with van der Waals surface area (Å²) in [6.45, 7) is 1.37. The lowest BCUT2D eigenvalue weighted by atomic mass is 10.2. The molecule has 0 bridgehead atoms. The number of aromatic amines is 2. The van der Waals surface area contributed by atoms with Gasteiger partial charge in [-0.25, -0.2) is 9.89 Å². The number of nitrogens with zero attached hydrogens (tertiary/aromatic N) is 1. The molecule has 15 heavy (non-hydrogen) atoms. The van der Waals surface area contributed by atoms with Crippen molar-refractivity contribution < 1.29 is 4.74 Å². The lowest BCUT2D eigenvalue weighted by molar-refractivity contribution is 0.260. The zero-order valence-electron chi connectivity index (χ0n) is 8.08. The summed E-state index contributed by atoms with van der Waals surface area (Å²) in [6, 6.07) is 0.262. The molecule has 1 aromatic rings. The molecule has 1 saturated heterocycles. The van der Waals surface area contributed by atoms with E-state index in [0.29, 0.717) is 6.61 Å². The van der Waals surface area contributed by atoms with E-state index >= 15 is 0 Å². The minimum atomic E-state index is -0.633. The van der Waals surface area contributed by atoms with Crippen LogP contribution in [0, 0.1) is 0 Å². The number of nitrogens with one attached hydrogen (secondary N) is 3. The second-order valence-corrected chi connectivity index (χ2v) is 3.42. The highest BCUT2D eigenvalue weighted by Gasteiger charge is 2.15. The van der Waals surface area contributed by atoms with Gasteiger partial charge in [-0.15, -0.1) is 5.10 Å². The van der Waals surface area contributed by atoms with E-state index in [1.165, 1.54) is 0 Å². The average Bonchev–Trinajstić information content (AvgIpc) is 2.69. The molecular formula is C8H12N4O3. The zero-order chi connectivity index (χ0) is 10.7. The first-order valence-electron chi connectivity index (χ1n) is 4.81. The number of hydrogen-bond donors (Lipinski definition) is 3. The highest BCUT2D eigenvalue weighted by atomic mass is 16.5. The summed E-state index contributed by atoms with van der Waals surface area (Å²) in [6.07, 6.45) is 2.14. The number of aromatic nitrogens is 3. The normalized spacial score (nSPS) is 20.4. The van der Waals surface area contributed by atoms with Crippen molar-refractivity contribution in [3.63, 3.8) is 0 Å². The Bertz CT molecular complexity index is 432. The number of H-pyrrole nitrogens is 2. The van der Waals surface area contributed by atoms with Crippen molar-refractivity contribution in [1.82, 2.24) is 20.5 Å². The fraction of sp³-hybridized carbons (Fsp3) is 0.625. The lowest BCUT2D eigenvalue weighted by Gasteiger charge is -2.09. The van der Waals surface area contributed by atoms with Crippen LogP contribution >= 0.6 is 0 Å². The Hall–Kier alpha value is -1.63. The molecule has 1 unspecified atom stereocenters. The molecule has 1 fully saturated rings. The van der Waals surface area contributed by atoms with Gasteiger partial charge in [0, 0.05) is 6.04 Å². The third-order valence-electron chi connectivity index (χ3n) is 2.26. The Morgan fingerprint density at radius 2 is 2.33 bits per heavy atom. The number of hydrogen-bond acceptors (Lipinski definition) is 5. The van der Waals surface area contributed by atoms with Crippen molar-refractivity contribution >= 4 is 0 Å². The quantitative estimate of drug-likeness (QED) is 0.571. The molecule has 1 aliphatic heterocycles. The fourth-order valence-corrected chi connectivity index (χ4v) is 1.51. The van der Waals surface area contributed by atoms with Crippen LogP contribution in [0.3, 0.4) is 0 Å². The van der Waals surface area contributed by atoms with Crippen LogP contribution in [-0.2, 0) is 0 Å². The summed E-state index contributed by atoms with van der Waals surface area (Å²) in [4.78, 5) is 23.9. The SMILES string of the molecule is O=c1[nH]nc(OCC2CCCN2)c(=O)[nH]1. The molecule has 7 nitrogen and oxygen atoms in total. The molecule has 0 aromatic carbocycles. The van der Waals surface area contributed by atoms with Crippen LogP contribution in [-0.4, -0.2) is 34.4 Å². The van der Waals surface area contributed by atoms with E-state index in [2.05, 4.69) is 15.5 Å². The minimum Gasteiger partial charge on any atom is -0.471 e. The molecule has 0 amide bonds. The topological polar surface area (TPSA) is 99.9 Å². The van der Waals surface area contributed by atoms with Gasteiger partial charge in [-0.3, -0.25) is 9.78 Å². The van der Waals surface area contributed by atoms with Crippen molar-refractivity contribution in [2.75, 3.05) is 13.2 Å². The molecule has 0 spiro atoms. The Labute approximate surface area is 84.9 Å². The van der Waals surface area contributed by atoms with Gasteiger partial charge in [0.2, 0.25) is 0 Å². The molecule has 3 N–H and O–H groups in total. The second kappa shape index (κ2) is 4.26. The van der Waals surface area contributed by atoms with Gasteiger partial charge in [0.1, 0.15) is 6.61 Å². The van der Waals surface area contributed by atoms with Gasteiger partial charge < -0.3 is 10.1 Å². The van der Waals surface area contributed by atoms with Crippen LogP contribution in [0.5, 0.6) is 5.88 Å². The first-order chi connectivity index (χ1) is 7.25. The summed E-state index contributed by atoms with van der Waals surface area (Å²) in [7, 11) is 0. The first-order valence-corrected chi connectivity index (χ1v) is 4.81. The maximum absolute atomic E-state index is 11.2. The first kappa shape index (κ1) is 9.91. The van der Waals surface area contributed by atoms with Crippen molar-refractivity contribution in [2.45, 2.75) is 18.9 Å². The molecule has 0 saturated carbocycles. The molecule has 0 radical (unpaired) electrons. The van der Waals surface area contributed by atoms with Crippen LogP contribution in [0.2, 0.25) is 0 Å². The molecule has 1 atom stereocenters. The highest BCUT2D eigenvalue weighted by molar-refractivity contribution is 4.99. The summed E-state index contributed by atoms with van der Waals surface area (Å²) in [5.41, 5.74) is -1.23. The van der Waals surface area contributed by atoms with Crippen molar-refractivity contribution in [2.24, 2.45) is 0 Å². The van der Waals surface area contributed by atoms with Gasteiger partial charge in [-0.1, -0.05) is 0 Å². The van der Waals surface area contributed by atoms with E-state index in [9.17, 15) is 9.59 Å². The van der Waals surface area contributed by atoms with Gasteiger partial charge >= 0.3 is 11.2 Å². The van der Waals surface area contributed by atoms with E-state index in [4.69, 9.17) is 4.74 Å². The monoisotopic (exact) mass is 212 g/mol. The smallest absolute Gasteiger partial charge is 0.342 e. The molecule has 0 aliphatic carbocycles. The number of ether oxygens (including phenoxy) is 1. The van der Waals surface area contributed by atoms with Crippen LogP contribution in [0.1, 0.15) is 12.8 Å². The fourth-order valence-electron chi connectivity index (χ4n) is 1.51. The highest BCUT2D eigenvalue weighted by Crippen LogP contribution is 2.05. The third kappa shape index (κ3) is 2.44. The van der Waals surface area contributed by atoms with Crippen LogP contribution in [0.4, 0.5) is 0 Å². The van der Waals surface area contributed by atoms with Crippen LogP contribution in [0.15, 0.2) is 9.59 Å². The molecule has 1 aliphatic rings. The summed E-state index contributed by atoms with van der Waals surface area (Å²) < 4.78 is 5.19. The second-order valence-electron chi connectivity index (χ2n) is 3.42. The predicted octanol–water partition coefficient (Wildman–Crippen LogP) is -1.41. The van der Waals surface area contributed by atoms with Gasteiger partial charge in [-0.2, -0.15) is 0 Å². The minimum absolute atomic E-state index is 0.0942. The third-order valence-corrected chi connectivity index (χ3v) is 2.26. The predicted molar refractivity (Wildman–Crippen MR) is 52.0 cm³/mol. The summed E-state index contributed by atoms with van der Waals surface area (Å²) in [5, 5.41) is 8.84. The molecule has 1 aromatic heterocycles. The largest absolute Gasteiger partial charge is 0.471 e. The molecule has 82 valence electrons. The van der Waals surface area contributed by atoms with Crippen LogP contribution in [0.25, 0.3) is 0 Å². The maximum atomic E-state index is 11.2. The Morgan fingerprint density at radius 1 is 1.47 bits per heavy atom. The van der Waals surface area contributed by atoms with Crippen LogP contribution < -0.4 is 21.3 Å². The standard InChI is InChI=1S/C8H12N4O3/c13-6-7(11-12-8(14)10-6)15-4-5-2-1-3-9-5/h5,9H,1-4H2,(H2,10,12,13,14). The van der Waals surface area contributed by atoms with E-state index in [1.807, 2.05) is 4.98 Å². The van der Waals surface area contributed by atoms with Gasteiger partial charge in [-0.05, 0) is 19.4 Å². The Kier molecular flexibility index (Phi) is 2.82. The Morgan fingerprint density at radius 3 is 3.00 bits per heavy atom. The average molecular weight is 212 g/mol. The molecule has 2 rings (SSSR count). The van der Waals surface area contributed by atoms with Gasteiger partial charge in [0.15, 0.2) is 0 Å². The van der Waals surface area contributed by atoms with E-state index in [-0.39, 0.29) is 11.9 Å². The zero-order valence-corrected chi connectivity index (χ0v) is 8.08. The van der Waals surface area contributed by atoms with Crippen molar-refractivity contribution in [3.8, 4) is 5.88 Å². The maximum Gasteiger partial charge on any atom is 0.342 e. The molecule has 2 heterocycles. The van der Waals surface area contributed by atoms with Gasteiger partial charge in [0.05, 0.1) is 0 Å². The molecular weight excluding hydrogens is 200 g/mol. The van der Waals surface area contributed by atoms with E-state index in [0.717, 1.165) is 19.4 Å². The number of rotatable bonds is 3. The van der Waals surface area contributed by atoms with Crippen molar-refractivity contribution in [1.29, 1.82) is 0 Å². The Balaban J connectivity index is 1.98. The molecule has 7 heteroatoms.